The summed E-state index contributed by atoms with van der Waals surface area (Å²) in [5.41, 5.74) is 1.50. The molecule has 0 unspecified atom stereocenters. The summed E-state index contributed by atoms with van der Waals surface area (Å²) in [6.45, 7) is 13.8. The molecule has 0 spiro atoms. The molecule has 1 aliphatic rings. The first kappa shape index (κ1) is 16.1. The molecule has 1 rings (SSSR count). The molecule has 86 valence electrons. The smallest absolute Gasteiger partial charge is 0.249 e. The summed E-state index contributed by atoms with van der Waals surface area (Å²) in [6, 6.07) is 0. The molecule has 0 fully saturated rings. The highest BCUT2D eigenvalue weighted by Crippen LogP contribution is 2.10. The van der Waals surface area contributed by atoms with E-state index in [2.05, 4.69) is 16.9 Å². The van der Waals surface area contributed by atoms with Gasteiger partial charge in [-0.2, -0.15) is 0 Å². The number of aliphatic imine (C=N–C) groups is 1. The van der Waals surface area contributed by atoms with Crippen LogP contribution in [0.4, 0.5) is 0 Å². The normalized spacial score (nSPS) is 13.8. The molecule has 0 atom stereocenters. The van der Waals surface area contributed by atoms with Gasteiger partial charge in [0.05, 0.1) is 12.2 Å². The molecule has 0 saturated heterocycles. The minimum absolute atomic E-state index is 0.0267. The lowest BCUT2D eigenvalue weighted by atomic mass is 10.3. The van der Waals surface area contributed by atoms with Gasteiger partial charge in [0.1, 0.15) is 0 Å². The molecule has 0 aromatic heterocycles. The van der Waals surface area contributed by atoms with Crippen LogP contribution in [-0.4, -0.2) is 18.7 Å². The Morgan fingerprint density at radius 1 is 1.33 bits per heavy atom. The van der Waals surface area contributed by atoms with Crippen molar-refractivity contribution in [3.63, 3.8) is 0 Å². The quantitative estimate of drug-likeness (QED) is 0.699. The molecule has 0 radical (unpaired) electrons. The Labute approximate surface area is 93.0 Å². The second-order valence-corrected chi connectivity index (χ2v) is 2.27. The van der Waals surface area contributed by atoms with E-state index < -0.39 is 0 Å². The number of nitrogens with zero attached hydrogens (tertiary/aromatic N) is 1. The first-order valence-corrected chi connectivity index (χ1v) is 5.38. The molecular weight excluding hydrogens is 188 g/mol. The fourth-order valence-corrected chi connectivity index (χ4v) is 0.845. The van der Waals surface area contributed by atoms with E-state index in [0.717, 1.165) is 5.70 Å². The van der Waals surface area contributed by atoms with Crippen molar-refractivity contribution in [2.75, 3.05) is 6.54 Å². The van der Waals surface area contributed by atoms with Gasteiger partial charge in [0.15, 0.2) is 0 Å². The first-order chi connectivity index (χ1) is 7.25. The van der Waals surface area contributed by atoms with E-state index >= 15 is 0 Å². The molecule has 3 heteroatoms. The highest BCUT2D eigenvalue weighted by atomic mass is 16.1. The van der Waals surface area contributed by atoms with Crippen LogP contribution in [0, 0.1) is 0 Å². The number of carbonyl (C=O) groups is 1. The Hall–Kier alpha value is -1.38. The Bertz CT molecular complexity index is 252. The minimum atomic E-state index is -0.0267. The van der Waals surface area contributed by atoms with Crippen molar-refractivity contribution >= 4 is 12.1 Å². The van der Waals surface area contributed by atoms with Gasteiger partial charge >= 0.3 is 0 Å². The average Bonchev–Trinajstić information content (AvgIpc) is 2.63. The predicted octanol–water partition coefficient (Wildman–Crippen LogP) is 2.70. The molecule has 3 nitrogen and oxygen atoms in total. The molecule has 1 heterocycles. The van der Waals surface area contributed by atoms with Gasteiger partial charge in [0.2, 0.25) is 5.91 Å². The number of allylic oxidation sites excluding steroid dienone is 1. The number of hydrogen-bond acceptors (Lipinski definition) is 2. The van der Waals surface area contributed by atoms with Crippen LogP contribution in [0.2, 0.25) is 0 Å². The van der Waals surface area contributed by atoms with Gasteiger partial charge in [-0.25, -0.2) is 0 Å². The Kier molecular flexibility index (Phi) is 11.5. The molecule has 0 aromatic carbocycles. The largest absolute Gasteiger partial charge is 0.347 e. The summed E-state index contributed by atoms with van der Waals surface area (Å²) in [5, 5.41) is 2.67. The average molecular weight is 210 g/mol. The van der Waals surface area contributed by atoms with Crippen molar-refractivity contribution in [3.8, 4) is 0 Å². The summed E-state index contributed by atoms with van der Waals surface area (Å²) in [5.74, 6) is -0.0267. The number of amides is 1. The predicted molar refractivity (Wildman–Crippen MR) is 67.1 cm³/mol. The van der Waals surface area contributed by atoms with Crippen LogP contribution in [0.15, 0.2) is 28.9 Å². The van der Waals surface area contributed by atoms with Crippen LogP contribution >= 0.6 is 0 Å². The van der Waals surface area contributed by atoms with Crippen LogP contribution in [0.5, 0.6) is 0 Å². The van der Waals surface area contributed by atoms with E-state index in [-0.39, 0.29) is 5.91 Å². The molecule has 15 heavy (non-hydrogen) atoms. The molecule has 1 N–H and O–H groups in total. The topological polar surface area (TPSA) is 41.5 Å². The maximum atomic E-state index is 10.9. The Balaban J connectivity index is 0. The highest BCUT2D eigenvalue weighted by molar-refractivity contribution is 5.96. The van der Waals surface area contributed by atoms with E-state index in [1.807, 2.05) is 27.7 Å². The lowest BCUT2D eigenvalue weighted by Gasteiger charge is -1.88. The SMILES string of the molecule is C=CC=NC1=C(C)C(=O)NC1.CC.CC. The summed E-state index contributed by atoms with van der Waals surface area (Å²) < 4.78 is 0. The number of carbonyl (C=O) groups excluding carboxylic acids is 1. The fraction of sp³-hybridized carbons (Fsp3) is 0.500. The summed E-state index contributed by atoms with van der Waals surface area (Å²) in [6.07, 6.45) is 3.17. The molecule has 1 aliphatic heterocycles. The third kappa shape index (κ3) is 5.83. The second-order valence-electron chi connectivity index (χ2n) is 2.27. The first-order valence-electron chi connectivity index (χ1n) is 5.38. The van der Waals surface area contributed by atoms with Gasteiger partial charge in [-0.3, -0.25) is 9.79 Å². The van der Waals surface area contributed by atoms with Crippen LogP contribution in [0.1, 0.15) is 34.6 Å². The number of hydrogen-bond donors (Lipinski definition) is 1. The van der Waals surface area contributed by atoms with E-state index in [4.69, 9.17) is 0 Å². The standard InChI is InChI=1S/C8H10N2O.2C2H6/c1-3-4-9-7-5-10-8(11)6(7)2;2*1-2/h3-4H,1,5H2,2H3,(H,10,11);2*1-2H3. The molecule has 0 aliphatic carbocycles. The number of nitrogens with one attached hydrogen (secondary N) is 1. The van der Waals surface area contributed by atoms with Gasteiger partial charge < -0.3 is 5.32 Å². The van der Waals surface area contributed by atoms with Crippen molar-refractivity contribution in [2.45, 2.75) is 34.6 Å². The van der Waals surface area contributed by atoms with Crippen LogP contribution in [0.25, 0.3) is 0 Å². The fourth-order valence-electron chi connectivity index (χ4n) is 0.845. The monoisotopic (exact) mass is 210 g/mol. The van der Waals surface area contributed by atoms with E-state index in [1.54, 1.807) is 19.2 Å². The summed E-state index contributed by atoms with van der Waals surface area (Å²) in [7, 11) is 0. The molecule has 1 amide bonds. The molecule has 0 saturated carbocycles. The zero-order valence-electron chi connectivity index (χ0n) is 10.4. The number of rotatable bonds is 2. The molecule has 0 aromatic rings. The third-order valence-corrected chi connectivity index (χ3v) is 1.53. The Morgan fingerprint density at radius 3 is 2.20 bits per heavy atom. The van der Waals surface area contributed by atoms with Crippen molar-refractivity contribution in [1.82, 2.24) is 5.32 Å². The van der Waals surface area contributed by atoms with Crippen molar-refractivity contribution in [2.24, 2.45) is 4.99 Å². The van der Waals surface area contributed by atoms with Crippen molar-refractivity contribution in [1.29, 1.82) is 0 Å². The Morgan fingerprint density at radius 2 is 1.87 bits per heavy atom. The maximum Gasteiger partial charge on any atom is 0.249 e. The highest BCUT2D eigenvalue weighted by Gasteiger charge is 2.16. The summed E-state index contributed by atoms with van der Waals surface area (Å²) in [4.78, 5) is 14.9. The van der Waals surface area contributed by atoms with Gasteiger partial charge in [0.25, 0.3) is 0 Å². The van der Waals surface area contributed by atoms with Gasteiger partial charge in [0, 0.05) is 11.8 Å². The second kappa shape index (κ2) is 10.7. The van der Waals surface area contributed by atoms with E-state index in [9.17, 15) is 4.79 Å². The van der Waals surface area contributed by atoms with Crippen LogP contribution < -0.4 is 5.32 Å². The third-order valence-electron chi connectivity index (χ3n) is 1.53. The van der Waals surface area contributed by atoms with E-state index in [0.29, 0.717) is 12.1 Å². The lowest BCUT2D eigenvalue weighted by molar-refractivity contribution is -0.116. The molecule has 0 bridgehead atoms. The lowest BCUT2D eigenvalue weighted by Crippen LogP contribution is -2.16. The van der Waals surface area contributed by atoms with Gasteiger partial charge in [-0.05, 0) is 6.92 Å². The summed E-state index contributed by atoms with van der Waals surface area (Å²) >= 11 is 0. The van der Waals surface area contributed by atoms with Gasteiger partial charge in [-0.15, -0.1) is 0 Å². The zero-order valence-corrected chi connectivity index (χ0v) is 10.4. The van der Waals surface area contributed by atoms with Crippen LogP contribution in [0.3, 0.4) is 0 Å². The zero-order chi connectivity index (χ0) is 12.3. The van der Waals surface area contributed by atoms with Crippen LogP contribution in [-0.2, 0) is 4.79 Å². The van der Waals surface area contributed by atoms with E-state index in [1.165, 1.54) is 0 Å². The maximum absolute atomic E-state index is 10.9. The van der Waals surface area contributed by atoms with Crippen molar-refractivity contribution < 1.29 is 4.79 Å². The molecular formula is C12H22N2O. The van der Waals surface area contributed by atoms with Gasteiger partial charge in [-0.1, -0.05) is 40.3 Å². The minimum Gasteiger partial charge on any atom is -0.347 e. The van der Waals surface area contributed by atoms with Crippen molar-refractivity contribution in [3.05, 3.63) is 23.9 Å².